The number of likely N-dealkylation sites (N-methyl/N-ethyl adjacent to an activating group) is 1. The van der Waals surface area contributed by atoms with E-state index in [9.17, 15) is 14.0 Å². The fourth-order valence-electron chi connectivity index (χ4n) is 1.57. The number of carbonyl (C=O) groups excluding carboxylic acids is 2. The van der Waals surface area contributed by atoms with Crippen LogP contribution in [-0.2, 0) is 4.79 Å². The zero-order valence-electron chi connectivity index (χ0n) is 11.4. The fraction of sp³-hybridized carbons (Fsp3) is 0.429. The summed E-state index contributed by atoms with van der Waals surface area (Å²) in [6.45, 7) is 4.74. The first-order valence-electron chi connectivity index (χ1n) is 6.16. The van der Waals surface area contributed by atoms with Gasteiger partial charge in [0.05, 0.1) is 6.54 Å². The number of hydrogen-bond acceptors (Lipinski definition) is 3. The molecule has 0 spiro atoms. The van der Waals surface area contributed by atoms with E-state index in [4.69, 9.17) is 0 Å². The second-order valence-electron chi connectivity index (χ2n) is 4.91. The van der Waals surface area contributed by atoms with Gasteiger partial charge in [0.25, 0.3) is 0 Å². The summed E-state index contributed by atoms with van der Waals surface area (Å²) in [5.41, 5.74) is 0.756. The lowest BCUT2D eigenvalue weighted by Crippen LogP contribution is -2.36. The average molecular weight is 266 g/mol. The molecule has 0 saturated heterocycles. The zero-order chi connectivity index (χ0) is 14.4. The molecule has 104 valence electrons. The molecule has 0 aliphatic carbocycles. The molecule has 0 bridgehead atoms. The van der Waals surface area contributed by atoms with Crippen molar-refractivity contribution in [2.24, 2.45) is 5.92 Å². The maximum absolute atomic E-state index is 13.3. The summed E-state index contributed by atoms with van der Waals surface area (Å²) in [7, 11) is 1.68. The SMILES string of the molecule is CC(C)CNC(=O)CN(C)c1cc(F)cc(C=O)c1. The molecule has 1 rings (SSSR count). The minimum atomic E-state index is -0.492. The quantitative estimate of drug-likeness (QED) is 0.799. The Morgan fingerprint density at radius 1 is 1.42 bits per heavy atom. The van der Waals surface area contributed by atoms with Gasteiger partial charge in [-0.2, -0.15) is 0 Å². The molecule has 0 aliphatic rings. The highest BCUT2D eigenvalue weighted by Gasteiger charge is 2.09. The first kappa shape index (κ1) is 15.1. The zero-order valence-corrected chi connectivity index (χ0v) is 11.4. The molecule has 1 aromatic rings. The molecular formula is C14H19FN2O2. The molecule has 5 heteroatoms. The maximum atomic E-state index is 13.3. The van der Waals surface area contributed by atoms with Crippen molar-refractivity contribution in [2.75, 3.05) is 25.0 Å². The van der Waals surface area contributed by atoms with Gasteiger partial charge in [0.2, 0.25) is 5.91 Å². The van der Waals surface area contributed by atoms with Crippen LogP contribution in [0.1, 0.15) is 24.2 Å². The van der Waals surface area contributed by atoms with Gasteiger partial charge in [0, 0.05) is 24.8 Å². The summed E-state index contributed by atoms with van der Waals surface area (Å²) in [4.78, 5) is 23.9. The highest BCUT2D eigenvalue weighted by Crippen LogP contribution is 2.16. The number of nitrogens with one attached hydrogen (secondary N) is 1. The predicted molar refractivity (Wildman–Crippen MR) is 72.9 cm³/mol. The van der Waals surface area contributed by atoms with E-state index in [-0.39, 0.29) is 18.0 Å². The van der Waals surface area contributed by atoms with Gasteiger partial charge < -0.3 is 10.2 Å². The molecule has 1 N–H and O–H groups in total. The second-order valence-corrected chi connectivity index (χ2v) is 4.91. The monoisotopic (exact) mass is 266 g/mol. The van der Waals surface area contributed by atoms with Crippen LogP contribution in [0.3, 0.4) is 0 Å². The molecule has 4 nitrogen and oxygen atoms in total. The molecule has 0 fully saturated rings. The van der Waals surface area contributed by atoms with Gasteiger partial charge >= 0.3 is 0 Å². The fourth-order valence-corrected chi connectivity index (χ4v) is 1.57. The Morgan fingerprint density at radius 2 is 2.11 bits per heavy atom. The van der Waals surface area contributed by atoms with E-state index in [0.717, 1.165) is 6.07 Å². The molecule has 0 saturated carbocycles. The van der Waals surface area contributed by atoms with Crippen LogP contribution in [0, 0.1) is 11.7 Å². The third kappa shape index (κ3) is 5.07. The summed E-state index contributed by atoms with van der Waals surface area (Å²) in [5.74, 6) is -0.243. The van der Waals surface area contributed by atoms with Crippen LogP contribution in [0.5, 0.6) is 0 Å². The van der Waals surface area contributed by atoms with E-state index in [1.54, 1.807) is 18.0 Å². The summed E-state index contributed by atoms with van der Waals surface area (Å²) in [6, 6.07) is 4.00. The number of carbonyl (C=O) groups is 2. The topological polar surface area (TPSA) is 49.4 Å². The molecule has 19 heavy (non-hydrogen) atoms. The Labute approximate surface area is 112 Å². The molecule has 1 amide bonds. The van der Waals surface area contributed by atoms with Crippen molar-refractivity contribution in [3.05, 3.63) is 29.6 Å². The Bertz CT molecular complexity index is 461. The molecular weight excluding hydrogens is 247 g/mol. The van der Waals surface area contributed by atoms with Gasteiger partial charge in [-0.1, -0.05) is 13.8 Å². The summed E-state index contributed by atoms with van der Waals surface area (Å²) >= 11 is 0. The minimum absolute atomic E-state index is 0.120. The first-order chi connectivity index (χ1) is 8.92. The molecule has 0 aliphatic heterocycles. The highest BCUT2D eigenvalue weighted by molar-refractivity contribution is 5.82. The van der Waals surface area contributed by atoms with Crippen molar-refractivity contribution in [3.8, 4) is 0 Å². The first-order valence-corrected chi connectivity index (χ1v) is 6.16. The number of hydrogen-bond donors (Lipinski definition) is 1. The van der Waals surface area contributed by atoms with Crippen LogP contribution in [0.15, 0.2) is 18.2 Å². The smallest absolute Gasteiger partial charge is 0.239 e. The lowest BCUT2D eigenvalue weighted by molar-refractivity contribution is -0.119. The third-order valence-corrected chi connectivity index (χ3v) is 2.57. The van der Waals surface area contributed by atoms with Gasteiger partial charge in [-0.15, -0.1) is 0 Å². The van der Waals surface area contributed by atoms with E-state index < -0.39 is 5.82 Å². The van der Waals surface area contributed by atoms with Gasteiger partial charge in [-0.25, -0.2) is 4.39 Å². The summed E-state index contributed by atoms with van der Waals surface area (Å²) < 4.78 is 13.3. The second kappa shape index (κ2) is 6.87. The number of aldehydes is 1. The lowest BCUT2D eigenvalue weighted by atomic mass is 10.2. The van der Waals surface area contributed by atoms with Gasteiger partial charge in [-0.05, 0) is 24.1 Å². The largest absolute Gasteiger partial charge is 0.365 e. The standard InChI is InChI=1S/C14H19FN2O2/c1-10(2)7-16-14(19)8-17(3)13-5-11(9-18)4-12(15)6-13/h4-6,9-10H,7-8H2,1-3H3,(H,16,19). The lowest BCUT2D eigenvalue weighted by Gasteiger charge is -2.19. The van der Waals surface area contributed by atoms with Crippen molar-refractivity contribution in [3.63, 3.8) is 0 Å². The molecule has 1 aromatic carbocycles. The summed E-state index contributed by atoms with van der Waals surface area (Å²) in [5, 5.41) is 2.78. The van der Waals surface area contributed by atoms with Crippen LogP contribution in [-0.4, -0.2) is 32.3 Å². The van der Waals surface area contributed by atoms with Gasteiger partial charge in [0.15, 0.2) is 0 Å². The van der Waals surface area contributed by atoms with Gasteiger partial charge in [0.1, 0.15) is 12.1 Å². The van der Waals surface area contributed by atoms with Gasteiger partial charge in [-0.3, -0.25) is 9.59 Å². The number of amides is 1. The van der Waals surface area contributed by atoms with Crippen LogP contribution >= 0.6 is 0 Å². The summed E-state index contributed by atoms with van der Waals surface area (Å²) in [6.07, 6.45) is 0.583. The average Bonchev–Trinajstić information content (AvgIpc) is 2.35. The van der Waals surface area contributed by atoms with Crippen LogP contribution in [0.4, 0.5) is 10.1 Å². The number of halogens is 1. The van der Waals surface area contributed by atoms with E-state index in [0.29, 0.717) is 24.4 Å². The van der Waals surface area contributed by atoms with E-state index in [1.807, 2.05) is 13.8 Å². The predicted octanol–water partition coefficient (Wildman–Crippen LogP) is 1.85. The number of anilines is 1. The Balaban J connectivity index is 2.67. The molecule has 0 aromatic heterocycles. The Kier molecular flexibility index (Phi) is 5.48. The maximum Gasteiger partial charge on any atom is 0.239 e. The molecule has 0 radical (unpaired) electrons. The van der Waals surface area contributed by atoms with Crippen LogP contribution in [0.2, 0.25) is 0 Å². The van der Waals surface area contributed by atoms with Crippen molar-refractivity contribution >= 4 is 17.9 Å². The molecule has 0 heterocycles. The van der Waals surface area contributed by atoms with Crippen molar-refractivity contribution in [1.82, 2.24) is 5.32 Å². The van der Waals surface area contributed by atoms with E-state index in [2.05, 4.69) is 5.32 Å². The van der Waals surface area contributed by atoms with E-state index >= 15 is 0 Å². The molecule has 0 atom stereocenters. The number of rotatable bonds is 6. The van der Waals surface area contributed by atoms with E-state index in [1.165, 1.54) is 6.07 Å². The Hall–Kier alpha value is -1.91. The van der Waals surface area contributed by atoms with Crippen molar-refractivity contribution in [2.45, 2.75) is 13.8 Å². The van der Waals surface area contributed by atoms with Crippen molar-refractivity contribution in [1.29, 1.82) is 0 Å². The normalized spacial score (nSPS) is 10.4. The third-order valence-electron chi connectivity index (χ3n) is 2.57. The highest BCUT2D eigenvalue weighted by atomic mass is 19.1. The molecule has 0 unspecified atom stereocenters. The minimum Gasteiger partial charge on any atom is -0.365 e. The number of benzene rings is 1. The van der Waals surface area contributed by atoms with Crippen LogP contribution in [0.25, 0.3) is 0 Å². The Morgan fingerprint density at radius 3 is 2.68 bits per heavy atom. The van der Waals surface area contributed by atoms with Crippen LogP contribution < -0.4 is 10.2 Å². The number of nitrogens with zero attached hydrogens (tertiary/aromatic N) is 1. The van der Waals surface area contributed by atoms with Crippen molar-refractivity contribution < 1.29 is 14.0 Å².